The molecule has 2 aromatic carbocycles. The summed E-state index contributed by atoms with van der Waals surface area (Å²) < 4.78 is 25.7. The summed E-state index contributed by atoms with van der Waals surface area (Å²) in [5.41, 5.74) is 8.93. The van der Waals surface area contributed by atoms with E-state index >= 15 is 0 Å². The van der Waals surface area contributed by atoms with Crippen LogP contribution in [-0.4, -0.2) is 37.8 Å². The molecule has 7 heteroatoms. The first-order chi connectivity index (χ1) is 14.5. The zero-order valence-electron chi connectivity index (χ0n) is 18.8. The Bertz CT molecular complexity index is 1070. The van der Waals surface area contributed by atoms with Crippen LogP contribution in [0.25, 0.3) is 22.2 Å². The largest absolute Gasteiger partial charge is 0.508 e. The molecule has 3 N–H and O–H groups in total. The second-order valence-electron chi connectivity index (χ2n) is 9.29. The van der Waals surface area contributed by atoms with Gasteiger partial charge < -0.3 is 20.0 Å². The van der Waals surface area contributed by atoms with Crippen LogP contribution in [0.5, 0.6) is 11.5 Å². The lowest BCUT2D eigenvalue weighted by Gasteiger charge is -2.38. The van der Waals surface area contributed by atoms with Crippen molar-refractivity contribution in [2.24, 2.45) is 0 Å². The summed E-state index contributed by atoms with van der Waals surface area (Å²) in [5.74, 6) is 0.676. The number of hydrogen-bond acceptors (Lipinski definition) is 5. The number of benzene rings is 2. The molecule has 0 aliphatic heterocycles. The lowest BCUT2D eigenvalue weighted by atomic mass is 10.1. The number of nitrogens with two attached hydrogens (primary N) is 1. The number of phenols is 1. The highest BCUT2D eigenvalue weighted by Crippen LogP contribution is 2.37. The van der Waals surface area contributed by atoms with Crippen LogP contribution in [0.3, 0.4) is 0 Å². The van der Waals surface area contributed by atoms with Gasteiger partial charge in [0.2, 0.25) is 0 Å². The first kappa shape index (κ1) is 23.0. The molecule has 0 fully saturated rings. The molecule has 31 heavy (non-hydrogen) atoms. The van der Waals surface area contributed by atoms with Crippen molar-refractivity contribution in [2.45, 2.75) is 45.0 Å². The van der Waals surface area contributed by atoms with Crippen molar-refractivity contribution < 1.29 is 18.7 Å². The fraction of sp³-hybridized carbons (Fsp3) is 0.375. The zero-order chi connectivity index (χ0) is 22.8. The van der Waals surface area contributed by atoms with Gasteiger partial charge in [0, 0.05) is 10.9 Å². The van der Waals surface area contributed by atoms with Crippen molar-refractivity contribution in [1.29, 1.82) is 0 Å². The van der Waals surface area contributed by atoms with E-state index in [-0.39, 0.29) is 17.4 Å². The third kappa shape index (κ3) is 5.35. The highest BCUT2D eigenvalue weighted by Gasteiger charge is 2.39. The van der Waals surface area contributed by atoms with Gasteiger partial charge in [0.1, 0.15) is 30.9 Å². The number of alkyl halides is 1. The number of anilines is 1. The highest BCUT2D eigenvalue weighted by atomic mass is 28.4. The molecule has 166 valence electrons. The molecule has 0 aliphatic carbocycles. The summed E-state index contributed by atoms with van der Waals surface area (Å²) in [6, 6.07) is 14.3. The number of pyridine rings is 1. The fourth-order valence-corrected chi connectivity index (χ4v) is 4.30. The van der Waals surface area contributed by atoms with Crippen molar-refractivity contribution in [3.8, 4) is 22.8 Å². The molecule has 3 rings (SSSR count). The van der Waals surface area contributed by atoms with Gasteiger partial charge in [0.15, 0.2) is 8.32 Å². The Kier molecular flexibility index (Phi) is 6.57. The molecule has 0 saturated heterocycles. The monoisotopic (exact) mass is 442 g/mol. The number of nitrogens with zero attached hydrogens (tertiary/aromatic N) is 1. The van der Waals surface area contributed by atoms with Crippen molar-refractivity contribution >= 4 is 24.9 Å². The average molecular weight is 443 g/mol. The van der Waals surface area contributed by atoms with Crippen LogP contribution in [-0.2, 0) is 4.43 Å². The van der Waals surface area contributed by atoms with Crippen molar-refractivity contribution in [3.63, 3.8) is 0 Å². The minimum Gasteiger partial charge on any atom is -0.508 e. The maximum absolute atomic E-state index is 13.7. The number of aromatic hydroxyl groups is 1. The van der Waals surface area contributed by atoms with Gasteiger partial charge >= 0.3 is 0 Å². The summed E-state index contributed by atoms with van der Waals surface area (Å²) in [7, 11) is -2.11. The van der Waals surface area contributed by atoms with Crippen molar-refractivity contribution in [1.82, 2.24) is 4.98 Å². The predicted octanol–water partition coefficient (Wildman–Crippen LogP) is 5.93. The van der Waals surface area contributed by atoms with Crippen LogP contribution < -0.4 is 10.5 Å². The number of fused-ring (bicyclic) bond motifs is 1. The van der Waals surface area contributed by atoms with Gasteiger partial charge in [-0.15, -0.1) is 0 Å². The van der Waals surface area contributed by atoms with E-state index in [4.69, 9.17) is 14.9 Å². The van der Waals surface area contributed by atoms with Gasteiger partial charge in [-0.3, -0.25) is 0 Å². The van der Waals surface area contributed by atoms with E-state index in [0.717, 1.165) is 22.2 Å². The topological polar surface area (TPSA) is 77.6 Å². The number of ether oxygens (including phenoxy) is 1. The van der Waals surface area contributed by atoms with Gasteiger partial charge in [-0.2, -0.15) is 0 Å². The minimum atomic E-state index is -2.11. The molecule has 5 nitrogen and oxygen atoms in total. The summed E-state index contributed by atoms with van der Waals surface area (Å²) in [6.07, 6.45) is -0.643. The summed E-state index contributed by atoms with van der Waals surface area (Å²) in [4.78, 5) is 4.66. The smallest absolute Gasteiger partial charge is 0.192 e. The standard InChI is InChI=1S/C24H31FN2O3Si/c1-24(2,3)31(4,5)30-19(14-25)15-29-23-13-17(6-9-20(23)26)21-10-7-16-12-18(28)8-11-22(16)27-21/h6-13,19,28H,14-15,26H2,1-5H3. The van der Waals surface area contributed by atoms with E-state index in [1.807, 2.05) is 24.3 Å². The molecule has 0 spiro atoms. The van der Waals surface area contributed by atoms with Crippen molar-refractivity contribution in [3.05, 3.63) is 48.5 Å². The molecule has 0 radical (unpaired) electrons. The SMILES string of the molecule is CC(C)(C)[Si](C)(C)OC(CF)COc1cc(-c2ccc3cc(O)ccc3n2)ccc1N. The molecular weight excluding hydrogens is 411 g/mol. The number of rotatable bonds is 7. The molecule has 0 amide bonds. The Hall–Kier alpha value is -2.64. The number of hydrogen-bond donors (Lipinski definition) is 2. The van der Waals surface area contributed by atoms with E-state index in [0.29, 0.717) is 11.4 Å². The number of halogens is 1. The molecular formula is C24H31FN2O3Si. The first-order valence-electron chi connectivity index (χ1n) is 10.4. The minimum absolute atomic E-state index is 0.0160. The Morgan fingerprint density at radius 2 is 1.84 bits per heavy atom. The third-order valence-corrected chi connectivity index (χ3v) is 10.4. The highest BCUT2D eigenvalue weighted by molar-refractivity contribution is 6.74. The molecule has 0 bridgehead atoms. The van der Waals surface area contributed by atoms with E-state index in [1.165, 1.54) is 0 Å². The van der Waals surface area contributed by atoms with Crippen LogP contribution in [0.4, 0.5) is 10.1 Å². The molecule has 0 saturated carbocycles. The zero-order valence-corrected chi connectivity index (χ0v) is 19.8. The Labute approximate surface area is 184 Å². The molecule has 1 atom stereocenters. The maximum atomic E-state index is 13.7. The second-order valence-corrected chi connectivity index (χ2v) is 14.0. The Morgan fingerprint density at radius 1 is 1.10 bits per heavy atom. The molecule has 1 aromatic heterocycles. The van der Waals surface area contributed by atoms with Crippen LogP contribution in [0, 0.1) is 0 Å². The lowest BCUT2D eigenvalue weighted by molar-refractivity contribution is 0.0923. The Balaban J connectivity index is 1.79. The van der Waals surface area contributed by atoms with Crippen LogP contribution in [0.1, 0.15) is 20.8 Å². The number of nitrogen functional groups attached to an aromatic ring is 1. The molecule has 0 aliphatic rings. The quantitative estimate of drug-likeness (QED) is 0.350. The third-order valence-electron chi connectivity index (χ3n) is 5.85. The van der Waals surface area contributed by atoms with Crippen molar-refractivity contribution in [2.75, 3.05) is 19.0 Å². The average Bonchev–Trinajstić information content (AvgIpc) is 2.70. The van der Waals surface area contributed by atoms with Crippen LogP contribution >= 0.6 is 0 Å². The maximum Gasteiger partial charge on any atom is 0.192 e. The second kappa shape index (κ2) is 8.84. The molecule has 3 aromatic rings. The van der Waals surface area contributed by atoms with Gasteiger partial charge in [0.05, 0.1) is 16.9 Å². The normalized spacial score (nSPS) is 13.4. The number of aromatic nitrogens is 1. The summed E-state index contributed by atoms with van der Waals surface area (Å²) >= 11 is 0. The van der Waals surface area contributed by atoms with E-state index in [9.17, 15) is 9.50 Å². The van der Waals surface area contributed by atoms with E-state index in [1.54, 1.807) is 24.3 Å². The van der Waals surface area contributed by atoms with E-state index in [2.05, 4.69) is 38.8 Å². The van der Waals surface area contributed by atoms with E-state index < -0.39 is 21.1 Å². The predicted molar refractivity (Wildman–Crippen MR) is 127 cm³/mol. The Morgan fingerprint density at radius 3 is 2.52 bits per heavy atom. The number of phenolic OH excluding ortho intramolecular Hbond substituents is 1. The van der Waals surface area contributed by atoms with Crippen LogP contribution in [0.2, 0.25) is 18.1 Å². The summed E-state index contributed by atoms with van der Waals surface area (Å²) in [5, 5.41) is 10.5. The van der Waals surface area contributed by atoms with Gasteiger partial charge in [-0.25, -0.2) is 9.37 Å². The lowest BCUT2D eigenvalue weighted by Crippen LogP contribution is -2.46. The fourth-order valence-electron chi connectivity index (χ4n) is 2.98. The van der Waals surface area contributed by atoms with Gasteiger partial charge in [-0.1, -0.05) is 32.9 Å². The van der Waals surface area contributed by atoms with Gasteiger partial charge in [-0.05, 0) is 54.5 Å². The van der Waals surface area contributed by atoms with Gasteiger partial charge in [0.25, 0.3) is 0 Å². The first-order valence-corrected chi connectivity index (χ1v) is 13.3. The molecule has 1 unspecified atom stereocenters. The molecule has 1 heterocycles. The summed E-state index contributed by atoms with van der Waals surface area (Å²) in [6.45, 7) is 10.0. The van der Waals surface area contributed by atoms with Crippen LogP contribution in [0.15, 0.2) is 48.5 Å².